The molecule has 1 aliphatic carbocycles. The first-order valence-corrected chi connectivity index (χ1v) is 9.04. The van der Waals surface area contributed by atoms with Gasteiger partial charge >= 0.3 is 0 Å². The minimum Gasteiger partial charge on any atom is -0.310 e. The lowest BCUT2D eigenvalue weighted by molar-refractivity contribution is 0.238. The largest absolute Gasteiger partial charge is 0.310 e. The number of hydrogen-bond acceptors (Lipinski definition) is 4. The zero-order valence-corrected chi connectivity index (χ0v) is 14.3. The zero-order chi connectivity index (χ0) is 16.5. The number of rotatable bonds is 3. The van der Waals surface area contributed by atoms with E-state index in [2.05, 4.69) is 26.1 Å². The smallest absolute Gasteiger partial charge is 0.255 e. The van der Waals surface area contributed by atoms with Crippen LogP contribution in [0, 0.1) is 6.92 Å². The molecule has 0 amide bonds. The van der Waals surface area contributed by atoms with E-state index in [9.17, 15) is 4.79 Å². The van der Waals surface area contributed by atoms with Crippen molar-refractivity contribution < 1.29 is 0 Å². The first-order valence-electron chi connectivity index (χ1n) is 9.04. The number of hydrogen-bond donors (Lipinski definition) is 2. The van der Waals surface area contributed by atoms with Crippen LogP contribution in [-0.2, 0) is 19.5 Å². The number of aryl methyl sites for hydroxylation is 1. The van der Waals surface area contributed by atoms with Crippen LogP contribution in [0.5, 0.6) is 0 Å². The van der Waals surface area contributed by atoms with Crippen molar-refractivity contribution in [3.8, 4) is 0 Å². The van der Waals surface area contributed by atoms with Gasteiger partial charge in [0.15, 0.2) is 0 Å². The monoisotopic (exact) mass is 327 g/mol. The van der Waals surface area contributed by atoms with Crippen LogP contribution in [0.1, 0.15) is 66.5 Å². The van der Waals surface area contributed by atoms with E-state index in [1.54, 1.807) is 0 Å². The van der Waals surface area contributed by atoms with Crippen LogP contribution in [0.4, 0.5) is 0 Å². The van der Waals surface area contributed by atoms with Gasteiger partial charge in [-0.05, 0) is 25.8 Å². The topological polar surface area (TPSA) is 77.7 Å². The van der Waals surface area contributed by atoms with E-state index in [-0.39, 0.29) is 5.56 Å². The van der Waals surface area contributed by atoms with E-state index in [4.69, 9.17) is 4.98 Å². The van der Waals surface area contributed by atoms with Gasteiger partial charge in [-0.1, -0.05) is 19.3 Å². The van der Waals surface area contributed by atoms with E-state index >= 15 is 0 Å². The van der Waals surface area contributed by atoms with Crippen LogP contribution >= 0.6 is 0 Å². The molecule has 24 heavy (non-hydrogen) atoms. The van der Waals surface area contributed by atoms with E-state index < -0.39 is 0 Å². The van der Waals surface area contributed by atoms with Crippen LogP contribution in [0.3, 0.4) is 0 Å². The van der Waals surface area contributed by atoms with Crippen LogP contribution in [0.15, 0.2) is 10.9 Å². The fourth-order valence-electron chi connectivity index (χ4n) is 3.99. The third-order valence-corrected chi connectivity index (χ3v) is 5.30. The first-order chi connectivity index (χ1) is 11.7. The summed E-state index contributed by atoms with van der Waals surface area (Å²) in [5.74, 6) is 1.37. The molecule has 0 saturated heterocycles. The molecule has 3 heterocycles. The molecule has 2 aromatic rings. The first kappa shape index (κ1) is 15.6. The predicted molar refractivity (Wildman–Crippen MR) is 91.8 cm³/mol. The van der Waals surface area contributed by atoms with Gasteiger partial charge in [0.25, 0.3) is 5.56 Å². The molecule has 4 rings (SSSR count). The fraction of sp³-hybridized carbons (Fsp3) is 0.611. The molecular weight excluding hydrogens is 302 g/mol. The third kappa shape index (κ3) is 3.15. The average Bonchev–Trinajstić information content (AvgIpc) is 3.01. The third-order valence-electron chi connectivity index (χ3n) is 5.30. The second kappa shape index (κ2) is 6.51. The highest BCUT2D eigenvalue weighted by Crippen LogP contribution is 2.30. The molecule has 1 aliphatic heterocycles. The van der Waals surface area contributed by atoms with Crippen molar-refractivity contribution in [3.05, 3.63) is 44.9 Å². The summed E-state index contributed by atoms with van der Waals surface area (Å²) >= 11 is 0. The maximum Gasteiger partial charge on any atom is 0.255 e. The average molecular weight is 327 g/mol. The van der Waals surface area contributed by atoms with Crippen LogP contribution in [-0.4, -0.2) is 31.6 Å². The molecule has 1 saturated carbocycles. The standard InChI is InChI=1S/C18H25N5O/c1-12-9-14(22-21-12)10-23-8-7-16-15(11-23)18(24)20-17(19-16)13-5-3-2-4-6-13/h9,13H,2-8,10-11H2,1H3,(H,21,22)(H,19,20,24). The lowest BCUT2D eigenvalue weighted by Gasteiger charge is -2.28. The molecule has 2 N–H and O–H groups in total. The lowest BCUT2D eigenvalue weighted by atomic mass is 9.88. The van der Waals surface area contributed by atoms with Gasteiger partial charge in [-0.15, -0.1) is 0 Å². The molecule has 0 bridgehead atoms. The summed E-state index contributed by atoms with van der Waals surface area (Å²) in [4.78, 5) is 22.8. The minimum atomic E-state index is 0.0588. The van der Waals surface area contributed by atoms with Crippen LogP contribution in [0.25, 0.3) is 0 Å². The lowest BCUT2D eigenvalue weighted by Crippen LogP contribution is -2.36. The second-order valence-electron chi connectivity index (χ2n) is 7.21. The molecule has 2 aliphatic rings. The number of H-pyrrole nitrogens is 2. The highest BCUT2D eigenvalue weighted by atomic mass is 16.1. The maximum absolute atomic E-state index is 12.6. The van der Waals surface area contributed by atoms with Gasteiger partial charge in [0, 0.05) is 37.7 Å². The predicted octanol–water partition coefficient (Wildman–Crippen LogP) is 2.41. The summed E-state index contributed by atoms with van der Waals surface area (Å²) in [6, 6.07) is 2.06. The molecular formula is C18H25N5O. The van der Waals surface area contributed by atoms with Crippen molar-refractivity contribution in [2.45, 2.75) is 64.5 Å². The summed E-state index contributed by atoms with van der Waals surface area (Å²) in [7, 11) is 0. The van der Waals surface area contributed by atoms with Gasteiger partial charge in [-0.2, -0.15) is 5.10 Å². The normalized spacial score (nSPS) is 19.4. The Bertz CT molecular complexity index is 772. The Morgan fingerprint density at radius 1 is 1.29 bits per heavy atom. The molecule has 0 unspecified atom stereocenters. The van der Waals surface area contributed by atoms with Crippen molar-refractivity contribution in [1.29, 1.82) is 0 Å². The van der Waals surface area contributed by atoms with Crippen LogP contribution in [0.2, 0.25) is 0 Å². The van der Waals surface area contributed by atoms with Crippen LogP contribution < -0.4 is 5.56 Å². The fourth-order valence-corrected chi connectivity index (χ4v) is 3.99. The molecule has 0 aromatic carbocycles. The minimum absolute atomic E-state index is 0.0588. The Balaban J connectivity index is 1.52. The summed E-state index contributed by atoms with van der Waals surface area (Å²) in [5, 5.41) is 7.27. The summed E-state index contributed by atoms with van der Waals surface area (Å²) in [6.45, 7) is 4.37. The Kier molecular flexibility index (Phi) is 4.22. The summed E-state index contributed by atoms with van der Waals surface area (Å²) in [5.41, 5.74) is 4.00. The Morgan fingerprint density at radius 2 is 2.12 bits per heavy atom. The molecule has 2 aromatic heterocycles. The number of aromatic amines is 2. The van der Waals surface area contributed by atoms with Crippen molar-refractivity contribution in [3.63, 3.8) is 0 Å². The van der Waals surface area contributed by atoms with E-state index in [1.807, 2.05) is 6.92 Å². The van der Waals surface area contributed by atoms with Gasteiger partial charge in [0.2, 0.25) is 0 Å². The van der Waals surface area contributed by atoms with Gasteiger partial charge in [-0.25, -0.2) is 4.98 Å². The van der Waals surface area contributed by atoms with Crippen molar-refractivity contribution in [1.82, 2.24) is 25.1 Å². The molecule has 6 heteroatoms. The molecule has 0 atom stereocenters. The number of aromatic nitrogens is 4. The van der Waals surface area contributed by atoms with Crippen molar-refractivity contribution in [2.75, 3.05) is 6.54 Å². The second-order valence-corrected chi connectivity index (χ2v) is 7.21. The van der Waals surface area contributed by atoms with Gasteiger partial charge < -0.3 is 4.98 Å². The van der Waals surface area contributed by atoms with Crippen molar-refractivity contribution in [2.24, 2.45) is 0 Å². The quantitative estimate of drug-likeness (QED) is 0.907. The van der Waals surface area contributed by atoms with Crippen molar-refractivity contribution >= 4 is 0 Å². The summed E-state index contributed by atoms with van der Waals surface area (Å²) < 4.78 is 0. The van der Waals surface area contributed by atoms with Gasteiger partial charge in [0.05, 0.1) is 17.0 Å². The van der Waals surface area contributed by atoms with E-state index in [1.165, 1.54) is 19.3 Å². The zero-order valence-electron chi connectivity index (χ0n) is 14.3. The molecule has 0 radical (unpaired) electrons. The number of nitrogens with one attached hydrogen (secondary N) is 2. The highest BCUT2D eigenvalue weighted by Gasteiger charge is 2.24. The highest BCUT2D eigenvalue weighted by molar-refractivity contribution is 5.22. The van der Waals surface area contributed by atoms with E-state index in [0.717, 1.165) is 60.8 Å². The Morgan fingerprint density at radius 3 is 2.88 bits per heavy atom. The van der Waals surface area contributed by atoms with Gasteiger partial charge in [0.1, 0.15) is 5.82 Å². The van der Waals surface area contributed by atoms with Gasteiger partial charge in [-0.3, -0.25) is 14.8 Å². The Labute approximate surface area is 141 Å². The summed E-state index contributed by atoms with van der Waals surface area (Å²) in [6.07, 6.45) is 6.99. The number of fused-ring (bicyclic) bond motifs is 1. The molecule has 1 fully saturated rings. The SMILES string of the molecule is Cc1cc(CN2CCc3nc(C4CCCCC4)[nH]c(=O)c3C2)n[nH]1. The molecule has 0 spiro atoms. The maximum atomic E-state index is 12.6. The molecule has 6 nitrogen and oxygen atoms in total. The van der Waals surface area contributed by atoms with E-state index in [0.29, 0.717) is 12.5 Å². The molecule has 128 valence electrons. The Hall–Kier alpha value is -1.95. The number of nitrogens with zero attached hydrogens (tertiary/aromatic N) is 3.